The van der Waals surface area contributed by atoms with Crippen LogP contribution in [0.2, 0.25) is 10.0 Å². The van der Waals surface area contributed by atoms with E-state index in [2.05, 4.69) is 4.98 Å². The maximum absolute atomic E-state index is 13.1. The average Bonchev–Trinajstić information content (AvgIpc) is 2.96. The van der Waals surface area contributed by atoms with Gasteiger partial charge in [-0.25, -0.2) is 13.6 Å². The van der Waals surface area contributed by atoms with E-state index in [0.29, 0.717) is 27.7 Å². The number of aromatic nitrogens is 2. The number of rotatable bonds is 7. The first-order valence-corrected chi connectivity index (χ1v) is 11.6. The number of pyridine rings is 1. The van der Waals surface area contributed by atoms with Crippen LogP contribution in [0.5, 0.6) is 0 Å². The van der Waals surface area contributed by atoms with Gasteiger partial charge < -0.3 is 4.57 Å². The highest BCUT2D eigenvalue weighted by Gasteiger charge is 2.24. The van der Waals surface area contributed by atoms with E-state index < -0.39 is 15.9 Å². The van der Waals surface area contributed by atoms with Gasteiger partial charge >= 0.3 is 0 Å². The molecule has 6 nitrogen and oxygen atoms in total. The Morgan fingerprint density at radius 3 is 2.53 bits per heavy atom. The van der Waals surface area contributed by atoms with Crippen LogP contribution in [0, 0.1) is 6.92 Å². The molecule has 158 valence electrons. The molecule has 0 radical (unpaired) electrons. The summed E-state index contributed by atoms with van der Waals surface area (Å²) in [6.45, 7) is 1.84. The van der Waals surface area contributed by atoms with Crippen molar-refractivity contribution in [3.63, 3.8) is 0 Å². The standard InChI is InChI=1S/C21H21Cl2N3O3S/c1-13-8-17(9-16(12-30(24,28)29)15-4-3-7-25-11-15)26(2)20(13)21(27)14-5-6-18(22)19(23)10-14/h3-8,10-11,16H,9,12H2,1-2H3,(H2,24,28,29). The first kappa shape index (κ1) is 22.5. The molecule has 3 rings (SSSR count). The van der Waals surface area contributed by atoms with Gasteiger partial charge in [0.05, 0.1) is 21.5 Å². The van der Waals surface area contributed by atoms with E-state index in [1.54, 1.807) is 42.2 Å². The highest BCUT2D eigenvalue weighted by molar-refractivity contribution is 7.89. The smallest absolute Gasteiger partial charge is 0.209 e. The molecule has 2 aromatic heterocycles. The van der Waals surface area contributed by atoms with Crippen LogP contribution in [-0.2, 0) is 23.5 Å². The third kappa shape index (κ3) is 5.10. The maximum atomic E-state index is 13.1. The fourth-order valence-corrected chi connectivity index (χ4v) is 4.72. The molecule has 0 aliphatic heterocycles. The Kier molecular flexibility index (Phi) is 6.67. The quantitative estimate of drug-likeness (QED) is 0.535. The lowest BCUT2D eigenvalue weighted by molar-refractivity contribution is 0.103. The average molecular weight is 466 g/mol. The molecule has 0 aliphatic rings. The Morgan fingerprint density at radius 2 is 1.93 bits per heavy atom. The summed E-state index contributed by atoms with van der Waals surface area (Å²) < 4.78 is 25.4. The van der Waals surface area contributed by atoms with Crippen LogP contribution in [0.25, 0.3) is 0 Å². The number of nitrogens with two attached hydrogens (primary N) is 1. The fourth-order valence-electron chi connectivity index (χ4n) is 3.55. The van der Waals surface area contributed by atoms with E-state index in [9.17, 15) is 13.2 Å². The second-order valence-corrected chi connectivity index (χ2v) is 9.67. The van der Waals surface area contributed by atoms with Gasteiger partial charge in [-0.15, -0.1) is 0 Å². The van der Waals surface area contributed by atoms with Gasteiger partial charge in [-0.05, 0) is 54.8 Å². The number of aryl methyl sites for hydroxylation is 1. The summed E-state index contributed by atoms with van der Waals surface area (Å²) in [7, 11) is -1.92. The Balaban J connectivity index is 1.97. The third-order valence-electron chi connectivity index (χ3n) is 4.96. The van der Waals surface area contributed by atoms with Gasteiger partial charge in [-0.2, -0.15) is 0 Å². The largest absolute Gasteiger partial charge is 0.345 e. The Hall–Kier alpha value is -2.19. The summed E-state index contributed by atoms with van der Waals surface area (Å²) in [5, 5.41) is 6.00. The minimum absolute atomic E-state index is 0.191. The highest BCUT2D eigenvalue weighted by atomic mass is 35.5. The van der Waals surface area contributed by atoms with Crippen molar-refractivity contribution in [1.29, 1.82) is 0 Å². The lowest BCUT2D eigenvalue weighted by Gasteiger charge is -2.17. The number of hydrogen-bond acceptors (Lipinski definition) is 4. The molecule has 0 bridgehead atoms. The first-order valence-electron chi connectivity index (χ1n) is 9.12. The van der Waals surface area contributed by atoms with Crippen molar-refractivity contribution in [1.82, 2.24) is 9.55 Å². The summed E-state index contributed by atoms with van der Waals surface area (Å²) in [4.78, 5) is 17.2. The molecule has 0 aliphatic carbocycles. The van der Waals surface area contributed by atoms with E-state index in [4.69, 9.17) is 28.3 Å². The number of nitrogens with zero attached hydrogens (tertiary/aromatic N) is 2. The Labute approximate surface area is 185 Å². The van der Waals surface area contributed by atoms with Crippen LogP contribution >= 0.6 is 23.2 Å². The molecular weight excluding hydrogens is 445 g/mol. The molecule has 1 unspecified atom stereocenters. The molecule has 1 atom stereocenters. The molecular formula is C21H21Cl2N3O3S. The van der Waals surface area contributed by atoms with Crippen molar-refractivity contribution in [2.24, 2.45) is 12.2 Å². The predicted octanol–water partition coefficient (Wildman–Crippen LogP) is 3.88. The molecule has 0 spiro atoms. The van der Waals surface area contributed by atoms with Crippen LogP contribution in [-0.4, -0.2) is 29.5 Å². The summed E-state index contributed by atoms with van der Waals surface area (Å²) >= 11 is 12.0. The van der Waals surface area contributed by atoms with Crippen molar-refractivity contribution in [3.05, 3.63) is 86.9 Å². The molecule has 30 heavy (non-hydrogen) atoms. The number of primary sulfonamides is 1. The number of ketones is 1. The van der Waals surface area contributed by atoms with Crippen molar-refractivity contribution in [2.45, 2.75) is 19.3 Å². The second-order valence-electron chi connectivity index (χ2n) is 7.20. The summed E-state index contributed by atoms with van der Waals surface area (Å²) in [6, 6.07) is 10.2. The topological polar surface area (TPSA) is 95.1 Å². The molecule has 9 heteroatoms. The zero-order chi connectivity index (χ0) is 22.1. The SMILES string of the molecule is Cc1cc(CC(CS(N)(=O)=O)c2cccnc2)n(C)c1C(=O)c1ccc(Cl)c(Cl)c1. The molecule has 2 heterocycles. The van der Waals surface area contributed by atoms with Crippen LogP contribution in [0.3, 0.4) is 0 Å². The monoisotopic (exact) mass is 465 g/mol. The van der Waals surface area contributed by atoms with Gasteiger partial charge in [-0.3, -0.25) is 9.78 Å². The van der Waals surface area contributed by atoms with Gasteiger partial charge in [-0.1, -0.05) is 29.3 Å². The van der Waals surface area contributed by atoms with E-state index in [1.165, 1.54) is 6.07 Å². The number of benzene rings is 1. The minimum Gasteiger partial charge on any atom is -0.345 e. The van der Waals surface area contributed by atoms with E-state index in [0.717, 1.165) is 16.8 Å². The van der Waals surface area contributed by atoms with Gasteiger partial charge in [0.1, 0.15) is 0 Å². The fraction of sp³-hybridized carbons (Fsp3) is 0.238. The third-order valence-corrected chi connectivity index (χ3v) is 6.57. The molecule has 1 aromatic carbocycles. The molecule has 0 saturated heterocycles. The predicted molar refractivity (Wildman–Crippen MR) is 119 cm³/mol. The summed E-state index contributed by atoms with van der Waals surface area (Å²) in [5.41, 5.74) is 3.29. The van der Waals surface area contributed by atoms with Gasteiger partial charge in [0.2, 0.25) is 15.8 Å². The number of carbonyl (C=O) groups is 1. The van der Waals surface area contributed by atoms with Crippen LogP contribution < -0.4 is 5.14 Å². The Bertz CT molecular complexity index is 1190. The van der Waals surface area contributed by atoms with Gasteiger partial charge in [0, 0.05) is 36.6 Å². The van der Waals surface area contributed by atoms with Crippen LogP contribution in [0.1, 0.15) is 38.8 Å². The molecule has 2 N–H and O–H groups in total. The minimum atomic E-state index is -3.71. The van der Waals surface area contributed by atoms with Crippen LogP contribution in [0.4, 0.5) is 0 Å². The summed E-state index contributed by atoms with van der Waals surface area (Å²) in [5.74, 6) is -0.808. The normalized spacial score (nSPS) is 12.7. The number of hydrogen-bond donors (Lipinski definition) is 1. The van der Waals surface area contributed by atoms with Crippen molar-refractivity contribution in [2.75, 3.05) is 5.75 Å². The molecule has 0 amide bonds. The molecule has 0 fully saturated rings. The van der Waals surface area contributed by atoms with Crippen molar-refractivity contribution < 1.29 is 13.2 Å². The van der Waals surface area contributed by atoms with Gasteiger partial charge in [0.25, 0.3) is 0 Å². The molecule has 3 aromatic rings. The van der Waals surface area contributed by atoms with Gasteiger partial charge in [0.15, 0.2) is 0 Å². The number of carbonyl (C=O) groups excluding carboxylic acids is 1. The van der Waals surface area contributed by atoms with E-state index in [-0.39, 0.29) is 11.5 Å². The lowest BCUT2D eigenvalue weighted by atomic mass is 9.97. The van der Waals surface area contributed by atoms with Crippen molar-refractivity contribution >= 4 is 39.0 Å². The highest BCUT2D eigenvalue weighted by Crippen LogP contribution is 2.28. The number of sulfonamides is 1. The first-order chi connectivity index (χ1) is 14.1. The number of halogens is 2. The Morgan fingerprint density at radius 1 is 1.20 bits per heavy atom. The van der Waals surface area contributed by atoms with Crippen molar-refractivity contribution in [3.8, 4) is 0 Å². The zero-order valence-corrected chi connectivity index (χ0v) is 18.8. The lowest BCUT2D eigenvalue weighted by Crippen LogP contribution is -2.24. The zero-order valence-electron chi connectivity index (χ0n) is 16.5. The summed E-state index contributed by atoms with van der Waals surface area (Å²) in [6.07, 6.45) is 3.64. The van der Waals surface area contributed by atoms with E-state index in [1.807, 2.05) is 19.1 Å². The van der Waals surface area contributed by atoms with Crippen LogP contribution in [0.15, 0.2) is 48.8 Å². The second kappa shape index (κ2) is 8.89. The maximum Gasteiger partial charge on any atom is 0.209 e. The van der Waals surface area contributed by atoms with E-state index >= 15 is 0 Å². The molecule has 0 saturated carbocycles.